The number of rotatable bonds is 4. The van der Waals surface area contributed by atoms with Crippen molar-refractivity contribution >= 4 is 0 Å². The third kappa shape index (κ3) is 3.51. The van der Waals surface area contributed by atoms with Gasteiger partial charge in [-0.15, -0.1) is 0 Å². The topological polar surface area (TPSA) is 45.4 Å². The molecule has 1 saturated heterocycles. The van der Waals surface area contributed by atoms with Crippen molar-refractivity contribution in [3.8, 4) is 0 Å². The number of hydrogen-bond acceptors (Lipinski definition) is 5. The molecule has 2 aromatic rings. The monoisotopic (exact) mass is 304 g/mol. The van der Waals surface area contributed by atoms with Gasteiger partial charge in [-0.25, -0.2) is 4.39 Å². The van der Waals surface area contributed by atoms with E-state index in [0.717, 1.165) is 19.6 Å². The fourth-order valence-electron chi connectivity index (χ4n) is 2.70. The Bertz CT molecular complexity index is 630. The largest absolute Gasteiger partial charge is 0.338 e. The van der Waals surface area contributed by atoms with Crippen molar-refractivity contribution in [2.24, 2.45) is 0 Å². The van der Waals surface area contributed by atoms with Crippen molar-refractivity contribution < 1.29 is 8.91 Å². The van der Waals surface area contributed by atoms with Crippen LogP contribution in [0.5, 0.6) is 0 Å². The molecule has 5 nitrogen and oxygen atoms in total. The van der Waals surface area contributed by atoms with E-state index in [1.165, 1.54) is 6.07 Å². The zero-order valence-electron chi connectivity index (χ0n) is 13.0. The maximum Gasteiger partial charge on any atom is 0.240 e. The van der Waals surface area contributed by atoms with E-state index in [9.17, 15) is 4.39 Å². The Morgan fingerprint density at radius 2 is 2.14 bits per heavy atom. The molecule has 0 N–H and O–H groups in total. The maximum absolute atomic E-state index is 13.6. The van der Waals surface area contributed by atoms with Crippen LogP contribution in [0.15, 0.2) is 28.8 Å². The molecular weight excluding hydrogens is 283 g/mol. The van der Waals surface area contributed by atoms with Gasteiger partial charge in [-0.05, 0) is 25.6 Å². The quantitative estimate of drug-likeness (QED) is 0.864. The molecule has 22 heavy (non-hydrogen) atoms. The molecular formula is C16H21FN4O. The molecule has 0 saturated carbocycles. The summed E-state index contributed by atoms with van der Waals surface area (Å²) in [5.41, 5.74) is 0.586. The first-order valence-corrected chi connectivity index (χ1v) is 7.59. The average molecular weight is 304 g/mol. The van der Waals surface area contributed by atoms with Gasteiger partial charge in [0.15, 0.2) is 5.82 Å². The van der Waals surface area contributed by atoms with Gasteiger partial charge in [0, 0.05) is 32.1 Å². The predicted molar refractivity (Wildman–Crippen MR) is 80.9 cm³/mol. The van der Waals surface area contributed by atoms with Crippen LogP contribution in [0.25, 0.3) is 0 Å². The van der Waals surface area contributed by atoms with Crippen LogP contribution in [-0.4, -0.2) is 52.7 Å². The van der Waals surface area contributed by atoms with Crippen LogP contribution in [0.1, 0.15) is 24.2 Å². The highest BCUT2D eigenvalue weighted by Gasteiger charge is 2.22. The van der Waals surface area contributed by atoms with Gasteiger partial charge in [0.2, 0.25) is 5.89 Å². The second-order valence-corrected chi connectivity index (χ2v) is 5.94. The van der Waals surface area contributed by atoms with Crippen molar-refractivity contribution in [3.05, 3.63) is 47.4 Å². The number of likely N-dealkylation sites (N-methyl/N-ethyl adjacent to an activating group) is 1. The summed E-state index contributed by atoms with van der Waals surface area (Å²) in [5.74, 6) is 0.895. The molecule has 0 amide bonds. The van der Waals surface area contributed by atoms with Crippen LogP contribution in [0.4, 0.5) is 4.39 Å². The molecule has 1 fully saturated rings. The number of hydrogen-bond donors (Lipinski definition) is 0. The Hall–Kier alpha value is -1.79. The van der Waals surface area contributed by atoms with Crippen molar-refractivity contribution in [2.45, 2.75) is 25.9 Å². The van der Waals surface area contributed by atoms with Crippen molar-refractivity contribution in [1.29, 1.82) is 0 Å². The molecule has 0 spiro atoms. The Morgan fingerprint density at radius 3 is 2.91 bits per heavy atom. The average Bonchev–Trinajstić information content (AvgIpc) is 2.93. The standard InChI is InChI=1S/C16H21FN4O/c1-12-10-21(8-7-20(12)2)11-16-18-15(19-22-16)9-13-5-3-4-6-14(13)17/h3-6,12H,7-11H2,1-2H3/t12-/m1/s1. The molecule has 1 aromatic heterocycles. The minimum absolute atomic E-state index is 0.234. The zero-order valence-corrected chi connectivity index (χ0v) is 13.0. The van der Waals surface area contributed by atoms with E-state index in [0.29, 0.717) is 36.3 Å². The molecule has 0 unspecified atom stereocenters. The Kier molecular flexibility index (Phi) is 4.49. The first-order chi connectivity index (χ1) is 10.6. The SMILES string of the molecule is C[C@@H]1CN(Cc2nc(Cc3ccccc3F)no2)CCN1C. The van der Waals surface area contributed by atoms with E-state index in [2.05, 4.69) is 33.9 Å². The van der Waals surface area contributed by atoms with E-state index in [1.807, 2.05) is 6.07 Å². The molecule has 0 aliphatic carbocycles. The van der Waals surface area contributed by atoms with Crippen LogP contribution < -0.4 is 0 Å². The van der Waals surface area contributed by atoms with E-state index in [-0.39, 0.29) is 5.82 Å². The summed E-state index contributed by atoms with van der Waals surface area (Å²) in [4.78, 5) is 9.04. The number of halogens is 1. The first kappa shape index (κ1) is 15.1. The van der Waals surface area contributed by atoms with Gasteiger partial charge in [-0.1, -0.05) is 23.4 Å². The van der Waals surface area contributed by atoms with Crippen molar-refractivity contribution in [1.82, 2.24) is 19.9 Å². The summed E-state index contributed by atoms with van der Waals surface area (Å²) in [5, 5.41) is 3.96. The molecule has 1 aromatic carbocycles. The minimum Gasteiger partial charge on any atom is -0.338 e. The van der Waals surface area contributed by atoms with Crippen LogP contribution in [0.2, 0.25) is 0 Å². The second-order valence-electron chi connectivity index (χ2n) is 5.94. The summed E-state index contributed by atoms with van der Waals surface area (Å²) in [6, 6.07) is 7.20. The Morgan fingerprint density at radius 1 is 1.32 bits per heavy atom. The third-order valence-corrected chi connectivity index (χ3v) is 4.22. The summed E-state index contributed by atoms with van der Waals surface area (Å²) < 4.78 is 18.9. The summed E-state index contributed by atoms with van der Waals surface area (Å²) in [7, 11) is 2.14. The number of piperazine rings is 1. The van der Waals surface area contributed by atoms with Crippen LogP contribution in [-0.2, 0) is 13.0 Å². The lowest BCUT2D eigenvalue weighted by atomic mass is 10.1. The lowest BCUT2D eigenvalue weighted by Gasteiger charge is -2.36. The first-order valence-electron chi connectivity index (χ1n) is 7.59. The minimum atomic E-state index is -0.234. The maximum atomic E-state index is 13.6. The van der Waals surface area contributed by atoms with Gasteiger partial charge in [-0.2, -0.15) is 4.98 Å². The molecule has 2 heterocycles. The van der Waals surface area contributed by atoms with E-state index < -0.39 is 0 Å². The molecule has 6 heteroatoms. The summed E-state index contributed by atoms with van der Waals surface area (Å²) >= 11 is 0. The fraction of sp³-hybridized carbons (Fsp3) is 0.500. The zero-order chi connectivity index (χ0) is 15.5. The van der Waals surface area contributed by atoms with Gasteiger partial charge < -0.3 is 9.42 Å². The van der Waals surface area contributed by atoms with Gasteiger partial charge in [0.05, 0.1) is 6.54 Å². The number of benzene rings is 1. The van der Waals surface area contributed by atoms with E-state index in [4.69, 9.17) is 4.52 Å². The molecule has 0 bridgehead atoms. The molecule has 1 aliphatic heterocycles. The van der Waals surface area contributed by atoms with Crippen LogP contribution >= 0.6 is 0 Å². The summed E-state index contributed by atoms with van der Waals surface area (Å²) in [6.45, 7) is 5.89. The molecule has 1 aliphatic rings. The molecule has 118 valence electrons. The van der Waals surface area contributed by atoms with E-state index >= 15 is 0 Å². The van der Waals surface area contributed by atoms with E-state index in [1.54, 1.807) is 12.1 Å². The van der Waals surface area contributed by atoms with Gasteiger partial charge >= 0.3 is 0 Å². The van der Waals surface area contributed by atoms with Gasteiger partial charge in [0.25, 0.3) is 0 Å². The van der Waals surface area contributed by atoms with Crippen LogP contribution in [0.3, 0.4) is 0 Å². The Labute approximate surface area is 129 Å². The highest BCUT2D eigenvalue weighted by molar-refractivity contribution is 5.20. The second kappa shape index (κ2) is 6.54. The lowest BCUT2D eigenvalue weighted by molar-refractivity contribution is 0.0914. The van der Waals surface area contributed by atoms with Crippen LogP contribution in [0, 0.1) is 5.82 Å². The third-order valence-electron chi connectivity index (χ3n) is 4.22. The fourth-order valence-corrected chi connectivity index (χ4v) is 2.70. The van der Waals surface area contributed by atoms with Crippen molar-refractivity contribution in [2.75, 3.05) is 26.7 Å². The molecule has 3 rings (SSSR count). The smallest absolute Gasteiger partial charge is 0.240 e. The lowest BCUT2D eigenvalue weighted by Crippen LogP contribution is -2.49. The number of nitrogens with zero attached hydrogens (tertiary/aromatic N) is 4. The number of aromatic nitrogens is 2. The highest BCUT2D eigenvalue weighted by atomic mass is 19.1. The summed E-state index contributed by atoms with van der Waals surface area (Å²) in [6.07, 6.45) is 0.356. The normalized spacial score (nSPS) is 20.4. The Balaban J connectivity index is 1.61. The molecule has 1 atom stereocenters. The highest BCUT2D eigenvalue weighted by Crippen LogP contribution is 2.13. The van der Waals surface area contributed by atoms with Crippen molar-refractivity contribution in [3.63, 3.8) is 0 Å². The predicted octanol–water partition coefficient (Wildman–Crippen LogP) is 1.94. The molecule has 0 radical (unpaired) electrons. The van der Waals surface area contributed by atoms with Gasteiger partial charge in [0.1, 0.15) is 5.82 Å². The van der Waals surface area contributed by atoms with Gasteiger partial charge in [-0.3, -0.25) is 4.90 Å².